The van der Waals surface area contributed by atoms with Gasteiger partial charge in [-0.2, -0.15) is 10.4 Å². The van der Waals surface area contributed by atoms with E-state index in [9.17, 15) is 4.79 Å². The van der Waals surface area contributed by atoms with Crippen molar-refractivity contribution < 1.29 is 9.53 Å². The van der Waals surface area contributed by atoms with Crippen LogP contribution in [0.1, 0.15) is 77.2 Å². The quantitative estimate of drug-likeness (QED) is 0.631. The molecule has 8 atom stereocenters. The van der Waals surface area contributed by atoms with Gasteiger partial charge in [-0.05, 0) is 98.2 Å². The highest BCUT2D eigenvalue weighted by Gasteiger charge is 2.58. The monoisotopic (exact) mass is 437 g/mol. The minimum Gasteiger partial charge on any atom is -0.384 e. The Hall–Kier alpha value is -1.67. The number of Topliss-reactive ketones (excluding diaryl/α,β-unsaturated/α-hetero) is 1. The fraction of sp³-hybridized carbons (Fsp3) is 0.815. The van der Waals surface area contributed by atoms with E-state index in [1.54, 1.807) is 17.1 Å². The summed E-state index contributed by atoms with van der Waals surface area (Å²) in [5.74, 6) is 4.64. The first kappa shape index (κ1) is 22.1. The van der Waals surface area contributed by atoms with Crippen molar-refractivity contribution in [2.75, 3.05) is 13.7 Å². The van der Waals surface area contributed by atoms with E-state index in [2.05, 4.69) is 25.0 Å². The number of ether oxygens (including phenoxy) is 1. The Morgan fingerprint density at radius 1 is 1.16 bits per heavy atom. The van der Waals surface area contributed by atoms with Crippen molar-refractivity contribution in [2.45, 2.75) is 78.2 Å². The zero-order chi connectivity index (χ0) is 22.5. The largest absolute Gasteiger partial charge is 0.384 e. The van der Waals surface area contributed by atoms with E-state index in [4.69, 9.17) is 10.00 Å². The zero-order valence-electron chi connectivity index (χ0n) is 20.1. The van der Waals surface area contributed by atoms with Gasteiger partial charge in [0.05, 0.1) is 24.9 Å². The van der Waals surface area contributed by atoms with Crippen LogP contribution in [0.25, 0.3) is 0 Å². The molecule has 4 saturated carbocycles. The number of carbonyl (C=O) groups excluding carboxylic acids is 1. The van der Waals surface area contributed by atoms with Crippen LogP contribution in [-0.2, 0) is 16.1 Å². The first-order chi connectivity index (χ1) is 15.4. The third-order valence-corrected chi connectivity index (χ3v) is 10.3. The molecule has 4 aliphatic rings. The van der Waals surface area contributed by atoms with Gasteiger partial charge in [-0.3, -0.25) is 9.48 Å². The maximum absolute atomic E-state index is 13.3. The van der Waals surface area contributed by atoms with Crippen LogP contribution in [0.5, 0.6) is 0 Å². The van der Waals surface area contributed by atoms with E-state index in [0.29, 0.717) is 29.2 Å². The summed E-state index contributed by atoms with van der Waals surface area (Å²) in [6.07, 6.45) is 14.8. The molecule has 0 N–H and O–H groups in total. The molecule has 0 spiro atoms. The number of aromatic nitrogens is 2. The van der Waals surface area contributed by atoms with Crippen molar-refractivity contribution in [2.24, 2.45) is 46.3 Å². The van der Waals surface area contributed by atoms with Gasteiger partial charge in [0.1, 0.15) is 6.07 Å². The number of methoxy groups -OCH3 is 1. The van der Waals surface area contributed by atoms with Crippen molar-refractivity contribution in [3.8, 4) is 6.07 Å². The molecule has 32 heavy (non-hydrogen) atoms. The second-order valence-electron chi connectivity index (χ2n) is 12.1. The van der Waals surface area contributed by atoms with Crippen LogP contribution in [0.3, 0.4) is 0 Å². The highest BCUT2D eigenvalue weighted by Crippen LogP contribution is 2.65. The van der Waals surface area contributed by atoms with Gasteiger partial charge in [0.25, 0.3) is 0 Å². The summed E-state index contributed by atoms with van der Waals surface area (Å²) < 4.78 is 7.23. The summed E-state index contributed by atoms with van der Waals surface area (Å²) in [6, 6.07) is 2.11. The topological polar surface area (TPSA) is 67.9 Å². The summed E-state index contributed by atoms with van der Waals surface area (Å²) in [5, 5.41) is 13.3. The highest BCUT2D eigenvalue weighted by atomic mass is 16.5. The summed E-state index contributed by atoms with van der Waals surface area (Å²) >= 11 is 0. The Kier molecular flexibility index (Phi) is 5.73. The maximum Gasteiger partial charge on any atom is 0.157 e. The Morgan fingerprint density at radius 3 is 2.72 bits per heavy atom. The molecule has 0 aliphatic heterocycles. The molecule has 0 radical (unpaired) electrons. The van der Waals surface area contributed by atoms with E-state index in [0.717, 1.165) is 36.7 Å². The van der Waals surface area contributed by atoms with Crippen molar-refractivity contribution >= 4 is 5.78 Å². The first-order valence-corrected chi connectivity index (χ1v) is 12.8. The molecule has 5 heteroatoms. The van der Waals surface area contributed by atoms with Crippen LogP contribution in [0.15, 0.2) is 12.4 Å². The van der Waals surface area contributed by atoms with E-state index in [1.165, 1.54) is 51.4 Å². The lowest BCUT2D eigenvalue weighted by atomic mass is 9.48. The molecule has 5 nitrogen and oxygen atoms in total. The molecule has 4 fully saturated rings. The van der Waals surface area contributed by atoms with E-state index >= 15 is 0 Å². The second kappa shape index (κ2) is 8.28. The molecule has 1 aromatic rings. The minimum atomic E-state index is 0.148. The first-order valence-electron chi connectivity index (χ1n) is 12.8. The van der Waals surface area contributed by atoms with Crippen molar-refractivity contribution in [1.29, 1.82) is 5.26 Å². The molecule has 0 bridgehead atoms. The zero-order valence-corrected chi connectivity index (χ0v) is 20.1. The third kappa shape index (κ3) is 3.63. The lowest BCUT2D eigenvalue weighted by molar-refractivity contribution is -0.132. The fourth-order valence-electron chi connectivity index (χ4n) is 8.97. The predicted octanol–water partition coefficient (Wildman–Crippen LogP) is 5.25. The van der Waals surface area contributed by atoms with E-state index in [-0.39, 0.29) is 11.3 Å². The lowest BCUT2D eigenvalue weighted by Gasteiger charge is -2.57. The lowest BCUT2D eigenvalue weighted by Crippen LogP contribution is -2.50. The fourth-order valence-corrected chi connectivity index (χ4v) is 8.97. The Morgan fingerprint density at radius 2 is 1.97 bits per heavy atom. The van der Waals surface area contributed by atoms with Gasteiger partial charge < -0.3 is 4.74 Å². The Labute approximate surface area is 192 Å². The van der Waals surface area contributed by atoms with Gasteiger partial charge in [0, 0.05) is 19.2 Å². The van der Waals surface area contributed by atoms with E-state index < -0.39 is 0 Å². The molecular formula is C27H39N3O2. The maximum atomic E-state index is 13.3. The number of nitrogens with zero attached hydrogens (tertiary/aromatic N) is 3. The van der Waals surface area contributed by atoms with Crippen LogP contribution in [0, 0.1) is 57.7 Å². The van der Waals surface area contributed by atoms with Crippen LogP contribution in [0.4, 0.5) is 0 Å². The van der Waals surface area contributed by atoms with Crippen LogP contribution in [0.2, 0.25) is 0 Å². The summed E-state index contributed by atoms with van der Waals surface area (Å²) in [6.45, 7) is 6.07. The average Bonchev–Trinajstić information content (AvgIpc) is 3.36. The Bertz CT molecular complexity index is 903. The van der Waals surface area contributed by atoms with Crippen molar-refractivity contribution in [1.82, 2.24) is 9.78 Å². The third-order valence-electron chi connectivity index (χ3n) is 10.3. The van der Waals surface area contributed by atoms with Gasteiger partial charge in [0.2, 0.25) is 0 Å². The van der Waals surface area contributed by atoms with Gasteiger partial charge in [0.15, 0.2) is 5.78 Å². The molecule has 0 aromatic carbocycles. The van der Waals surface area contributed by atoms with Gasteiger partial charge >= 0.3 is 0 Å². The number of nitriles is 1. The smallest absolute Gasteiger partial charge is 0.157 e. The molecule has 5 rings (SSSR count). The molecule has 1 aromatic heterocycles. The highest BCUT2D eigenvalue weighted by molar-refractivity contribution is 5.82. The molecule has 0 amide bonds. The second-order valence-corrected chi connectivity index (χ2v) is 12.1. The SMILES string of the molecule is COC[C@@]1(C)CC[C@H]2[C@H](CC[C@@H]3[C@@H]2CC[C@]2(C)[C@@H](C(=O)Cn4cc(C#N)cn4)CC[C@@H]32)C1. The van der Waals surface area contributed by atoms with Crippen molar-refractivity contribution in [3.63, 3.8) is 0 Å². The molecule has 174 valence electrons. The molecule has 0 unspecified atom stereocenters. The predicted molar refractivity (Wildman–Crippen MR) is 123 cm³/mol. The van der Waals surface area contributed by atoms with E-state index in [1.807, 2.05) is 7.11 Å². The van der Waals surface area contributed by atoms with Gasteiger partial charge in [-0.1, -0.05) is 13.8 Å². The summed E-state index contributed by atoms with van der Waals surface area (Å²) in [5.41, 5.74) is 1.05. The van der Waals surface area contributed by atoms with Gasteiger partial charge in [-0.15, -0.1) is 0 Å². The minimum absolute atomic E-state index is 0.148. The molecule has 4 aliphatic carbocycles. The number of hydrogen-bond donors (Lipinski definition) is 0. The van der Waals surface area contributed by atoms with Gasteiger partial charge in [-0.25, -0.2) is 0 Å². The van der Waals surface area contributed by atoms with Crippen molar-refractivity contribution in [3.05, 3.63) is 18.0 Å². The normalized spacial score (nSPS) is 43.1. The average molecular weight is 438 g/mol. The number of hydrogen-bond acceptors (Lipinski definition) is 4. The number of ketones is 1. The summed E-state index contributed by atoms with van der Waals surface area (Å²) in [4.78, 5) is 13.3. The molecule has 1 heterocycles. The van der Waals surface area contributed by atoms with Crippen LogP contribution >= 0.6 is 0 Å². The molecule has 0 saturated heterocycles. The number of carbonyl (C=O) groups is 1. The molecular weight excluding hydrogens is 398 g/mol. The Balaban J connectivity index is 1.28. The number of fused-ring (bicyclic) bond motifs is 5. The standard InChI is InChI=1S/C27H39N3O2/c1-26(17-32-3)10-8-20-19(12-26)4-5-22-21(20)9-11-27(2)23(22)6-7-24(27)25(31)16-30-15-18(13-28)14-29-30/h14-15,19-24H,4-12,16-17H2,1-3H3/t19-,20+,21-,22-,23+,24-,26+,27+/m1/s1. The van der Waals surface area contributed by atoms with Crippen LogP contribution < -0.4 is 0 Å². The van der Waals surface area contributed by atoms with Crippen LogP contribution in [-0.4, -0.2) is 29.3 Å². The number of rotatable bonds is 5. The summed E-state index contributed by atoms with van der Waals surface area (Å²) in [7, 11) is 1.85.